The number of para-hydroxylation sites is 1. The number of nitrogens with zero attached hydrogens (tertiary/aromatic N) is 1. The predicted octanol–water partition coefficient (Wildman–Crippen LogP) is -3.14. The Kier molecular flexibility index (Phi) is 4.15. The first-order valence-electron chi connectivity index (χ1n) is 5.60. The van der Waals surface area contributed by atoms with E-state index in [2.05, 4.69) is 42.5 Å². The average molecular weight is 364 g/mol. The summed E-state index contributed by atoms with van der Waals surface area (Å²) in [5, 5.41) is 0. The van der Waals surface area contributed by atoms with Crippen LogP contribution in [0.3, 0.4) is 0 Å². The molecule has 4 rings (SSSR count). The third kappa shape index (κ3) is 2.07. The van der Waals surface area contributed by atoms with Crippen LogP contribution in [0.1, 0.15) is 16.7 Å². The van der Waals surface area contributed by atoms with Gasteiger partial charge in [0, 0.05) is 0 Å². The first-order chi connectivity index (χ1) is 8.34. The number of aliphatic imine (C=N–C) groups is 1. The fourth-order valence-electron chi connectivity index (χ4n) is 2.53. The van der Waals surface area contributed by atoms with E-state index >= 15 is 0 Å². The monoisotopic (exact) mass is 362 g/mol. The van der Waals surface area contributed by atoms with E-state index in [1.165, 1.54) is 50.3 Å². The van der Waals surface area contributed by atoms with E-state index < -0.39 is 0 Å². The van der Waals surface area contributed by atoms with Crippen molar-refractivity contribution in [2.24, 2.45) is 4.99 Å². The van der Waals surface area contributed by atoms with Crippen molar-refractivity contribution < 1.29 is 49.5 Å². The molecule has 2 aliphatic rings. The number of fused-ring (bicyclic) bond motifs is 5. The van der Waals surface area contributed by atoms with Crippen LogP contribution in [0.5, 0.6) is 0 Å². The third-order valence-electron chi connectivity index (χ3n) is 3.33. The second-order valence-corrected chi connectivity index (χ2v) is 5.63. The number of hydrogen-bond donors (Lipinski definition) is 0. The zero-order valence-electron chi connectivity index (χ0n) is 9.82. The fraction of sp³-hybridized carbons (Fsp3) is 0. The maximum atomic E-state index is 4.75. The molecule has 0 atom stereocenters. The fourth-order valence-corrected chi connectivity index (χ4v) is 3.28. The Labute approximate surface area is 139 Å². The minimum atomic E-state index is 0. The van der Waals surface area contributed by atoms with E-state index in [0.717, 1.165) is 11.4 Å². The summed E-state index contributed by atoms with van der Waals surface area (Å²) in [6, 6.07) is 14.9. The molecule has 0 fully saturated rings. The molecule has 2 aromatic carbocycles. The molecule has 1 aliphatic heterocycles. The molecule has 0 saturated heterocycles. The standard InChI is InChI=1S/C15H8N.2ClH.Zr/c1-2-6-11-10(5-1)9-13-12-7-3-4-8-14(12)16-15(11)13;;;/h1-4,6-9H;2*1H;/q;;;+2/p-2. The summed E-state index contributed by atoms with van der Waals surface area (Å²) < 4.78 is 1.41. The van der Waals surface area contributed by atoms with Gasteiger partial charge in [-0.3, -0.25) is 0 Å². The van der Waals surface area contributed by atoms with Gasteiger partial charge in [0.15, 0.2) is 0 Å². The second-order valence-electron chi connectivity index (χ2n) is 4.30. The molecule has 0 unspecified atom stereocenters. The molecule has 0 amide bonds. The topological polar surface area (TPSA) is 12.4 Å². The van der Waals surface area contributed by atoms with Crippen molar-refractivity contribution in [1.29, 1.82) is 0 Å². The second kappa shape index (κ2) is 5.36. The number of halogens is 2. The Morgan fingerprint density at radius 1 is 0.842 bits per heavy atom. The van der Waals surface area contributed by atoms with Crippen LogP contribution in [0.15, 0.2) is 47.5 Å². The van der Waals surface area contributed by atoms with E-state index in [4.69, 9.17) is 4.99 Å². The van der Waals surface area contributed by atoms with Crippen LogP contribution in [0.2, 0.25) is 0 Å². The molecule has 1 aliphatic carbocycles. The van der Waals surface area contributed by atoms with Gasteiger partial charge in [-0.1, -0.05) is 0 Å². The van der Waals surface area contributed by atoms with Gasteiger partial charge in [0.2, 0.25) is 0 Å². The van der Waals surface area contributed by atoms with Crippen LogP contribution >= 0.6 is 0 Å². The van der Waals surface area contributed by atoms with Crippen LogP contribution in [0.25, 0.3) is 11.6 Å². The van der Waals surface area contributed by atoms with Crippen molar-refractivity contribution in [2.75, 3.05) is 0 Å². The molecule has 4 heteroatoms. The van der Waals surface area contributed by atoms with Crippen LogP contribution in [-0.4, -0.2) is 5.71 Å². The van der Waals surface area contributed by atoms with E-state index in [1.54, 1.807) is 0 Å². The van der Waals surface area contributed by atoms with Crippen LogP contribution in [0.4, 0.5) is 5.69 Å². The Balaban J connectivity index is 0.000000667. The van der Waals surface area contributed by atoms with Crippen molar-refractivity contribution in [3.05, 3.63) is 59.2 Å². The van der Waals surface area contributed by atoms with Gasteiger partial charge in [-0.05, 0) is 0 Å². The number of hydrogen-bond acceptors (Lipinski definition) is 1. The van der Waals surface area contributed by atoms with E-state index in [1.807, 2.05) is 6.07 Å². The molecule has 0 aromatic heterocycles. The van der Waals surface area contributed by atoms with Gasteiger partial charge in [-0.2, -0.15) is 0 Å². The quantitative estimate of drug-likeness (QED) is 0.469. The van der Waals surface area contributed by atoms with Crippen molar-refractivity contribution in [3.8, 4) is 0 Å². The normalized spacial score (nSPS) is 13.4. The Hall–Kier alpha value is -0.687. The summed E-state index contributed by atoms with van der Waals surface area (Å²) in [6.07, 6.45) is 2.30. The Morgan fingerprint density at radius 3 is 2.42 bits per heavy atom. The Morgan fingerprint density at radius 2 is 1.58 bits per heavy atom. The first kappa shape index (κ1) is 14.7. The van der Waals surface area contributed by atoms with Crippen molar-refractivity contribution >= 4 is 26.3 Å². The summed E-state index contributed by atoms with van der Waals surface area (Å²) in [4.78, 5) is 4.75. The average Bonchev–Trinajstić information content (AvgIpc) is 2.87. The molecule has 1 nitrogen and oxygen atoms in total. The van der Waals surface area contributed by atoms with Crippen molar-refractivity contribution in [1.82, 2.24) is 0 Å². The van der Waals surface area contributed by atoms with E-state index in [0.29, 0.717) is 0 Å². The molecule has 2 aromatic rings. The first-order valence-corrected chi connectivity index (χ1v) is 6.82. The molecule has 0 saturated carbocycles. The molecule has 0 N–H and O–H groups in total. The molecule has 0 bridgehead atoms. The van der Waals surface area contributed by atoms with E-state index in [-0.39, 0.29) is 24.8 Å². The van der Waals surface area contributed by atoms with Gasteiger partial charge < -0.3 is 24.8 Å². The molecule has 0 spiro atoms. The molecule has 0 radical (unpaired) electrons. The summed E-state index contributed by atoms with van der Waals surface area (Å²) in [5.74, 6) is 0. The van der Waals surface area contributed by atoms with Gasteiger partial charge in [0.05, 0.1) is 0 Å². The van der Waals surface area contributed by atoms with Crippen LogP contribution < -0.4 is 28.1 Å². The van der Waals surface area contributed by atoms with E-state index in [9.17, 15) is 0 Å². The zero-order chi connectivity index (χ0) is 11.4. The Bertz CT molecular complexity index is 720. The van der Waals surface area contributed by atoms with Gasteiger partial charge in [-0.25, -0.2) is 0 Å². The molecular weight excluding hydrogens is 356 g/mol. The molecule has 91 valence electrons. The van der Waals surface area contributed by atoms with Crippen molar-refractivity contribution in [3.63, 3.8) is 0 Å². The summed E-state index contributed by atoms with van der Waals surface area (Å²) in [6.45, 7) is 0. The maximum absolute atomic E-state index is 4.75. The summed E-state index contributed by atoms with van der Waals surface area (Å²) >= 11 is 1.47. The number of allylic oxidation sites excluding steroid dienone is 1. The van der Waals surface area contributed by atoms with Crippen LogP contribution in [0, 0.1) is 0 Å². The van der Waals surface area contributed by atoms with Gasteiger partial charge in [0.1, 0.15) is 0 Å². The molecule has 1 heterocycles. The van der Waals surface area contributed by atoms with Gasteiger partial charge in [-0.15, -0.1) is 0 Å². The number of rotatable bonds is 0. The summed E-state index contributed by atoms with van der Waals surface area (Å²) in [7, 11) is 0. The predicted molar refractivity (Wildman–Crippen MR) is 66.6 cm³/mol. The van der Waals surface area contributed by atoms with Crippen LogP contribution in [-0.2, 0) is 24.7 Å². The third-order valence-corrected chi connectivity index (χ3v) is 4.40. The zero-order valence-corrected chi connectivity index (χ0v) is 13.8. The molecular formula is C15H8Cl2NZr. The van der Waals surface area contributed by atoms with Crippen molar-refractivity contribution in [2.45, 2.75) is 0 Å². The number of benzene rings is 2. The van der Waals surface area contributed by atoms with Gasteiger partial charge in [0.25, 0.3) is 0 Å². The van der Waals surface area contributed by atoms with Gasteiger partial charge >= 0.3 is 115 Å². The molecule has 19 heavy (non-hydrogen) atoms. The SMILES string of the molecule is [Cl-].[Cl-].[Zr+2][c]1cccc2c1C=C1C2=Nc2ccccc21. The summed E-state index contributed by atoms with van der Waals surface area (Å²) in [5.41, 5.74) is 7.50. The minimum absolute atomic E-state index is 0.